The van der Waals surface area contributed by atoms with Crippen LogP contribution in [-0.2, 0) is 0 Å². The summed E-state index contributed by atoms with van der Waals surface area (Å²) < 4.78 is 0. The number of aromatic nitrogens is 1. The van der Waals surface area contributed by atoms with Crippen LogP contribution < -0.4 is 0 Å². The van der Waals surface area contributed by atoms with E-state index < -0.39 is 0 Å². The Hall–Kier alpha value is -0.890. The van der Waals surface area contributed by atoms with Crippen molar-refractivity contribution >= 4 is 26.8 Å². The van der Waals surface area contributed by atoms with Gasteiger partial charge in [-0.15, -0.1) is 0 Å². The summed E-state index contributed by atoms with van der Waals surface area (Å²) in [5.74, 6) is 1.49. The summed E-state index contributed by atoms with van der Waals surface area (Å²) >= 11 is 3.54. The second kappa shape index (κ2) is 3.60. The molecule has 0 unspecified atom stereocenters. The molecule has 2 atom stereocenters. The molecule has 1 nitrogen and oxygen atoms in total. The van der Waals surface area contributed by atoms with Gasteiger partial charge in [0.25, 0.3) is 0 Å². The molecule has 2 aromatic rings. The molecule has 1 heterocycles. The van der Waals surface area contributed by atoms with Crippen molar-refractivity contribution in [2.45, 2.75) is 12.3 Å². The molecule has 0 bridgehead atoms. The lowest BCUT2D eigenvalue weighted by Gasteiger charge is -2.01. The molecule has 1 aromatic carbocycles. The molecule has 1 saturated carbocycles. The summed E-state index contributed by atoms with van der Waals surface area (Å²) in [4.78, 5) is 4.71. The molecule has 3 rings (SSSR count). The SMILES string of the molecule is BrC[C@@H]1C[C@H]1c1ccc2ccccc2n1. The molecule has 0 N–H and O–H groups in total. The highest BCUT2D eigenvalue weighted by Crippen LogP contribution is 2.47. The van der Waals surface area contributed by atoms with Gasteiger partial charge >= 0.3 is 0 Å². The van der Waals surface area contributed by atoms with Crippen LogP contribution in [0.5, 0.6) is 0 Å². The summed E-state index contributed by atoms with van der Waals surface area (Å²) in [6.45, 7) is 0. The first-order chi connectivity index (χ1) is 7.38. The third-order valence-corrected chi connectivity index (χ3v) is 3.95. The van der Waals surface area contributed by atoms with E-state index in [0.717, 1.165) is 16.8 Å². The van der Waals surface area contributed by atoms with E-state index in [1.807, 2.05) is 6.07 Å². The lowest BCUT2D eigenvalue weighted by molar-refractivity contribution is 0.909. The quantitative estimate of drug-likeness (QED) is 0.751. The summed E-state index contributed by atoms with van der Waals surface area (Å²) in [7, 11) is 0. The van der Waals surface area contributed by atoms with Crippen molar-refractivity contribution in [2.75, 3.05) is 5.33 Å². The molecule has 1 aliphatic rings. The van der Waals surface area contributed by atoms with Gasteiger partial charge in [0.2, 0.25) is 0 Å². The van der Waals surface area contributed by atoms with Gasteiger partial charge in [-0.1, -0.05) is 40.2 Å². The molecule has 0 radical (unpaired) electrons. The lowest BCUT2D eigenvalue weighted by Crippen LogP contribution is -1.89. The molecule has 0 spiro atoms. The van der Waals surface area contributed by atoms with Gasteiger partial charge in [0, 0.05) is 22.3 Å². The fourth-order valence-corrected chi connectivity index (χ4v) is 2.78. The fraction of sp³-hybridized carbons (Fsp3) is 0.308. The highest BCUT2D eigenvalue weighted by atomic mass is 79.9. The Kier molecular flexibility index (Phi) is 2.24. The molecular weight excluding hydrogens is 250 g/mol. The molecule has 0 amide bonds. The van der Waals surface area contributed by atoms with E-state index in [-0.39, 0.29) is 0 Å². The number of benzene rings is 1. The standard InChI is InChI=1S/C13H12BrN/c14-8-10-7-11(10)13-6-5-9-3-1-2-4-12(9)15-13/h1-6,10-11H,7-8H2/t10-,11+/m0/s1. The number of para-hydroxylation sites is 1. The number of fused-ring (bicyclic) bond motifs is 1. The van der Waals surface area contributed by atoms with Gasteiger partial charge in [-0.05, 0) is 24.5 Å². The molecule has 1 aliphatic carbocycles. The molecule has 1 aromatic heterocycles. The number of alkyl halides is 1. The van der Waals surface area contributed by atoms with Gasteiger partial charge in [0.05, 0.1) is 5.52 Å². The zero-order valence-electron chi connectivity index (χ0n) is 8.36. The summed E-state index contributed by atoms with van der Waals surface area (Å²) in [5, 5.41) is 2.34. The molecule has 2 heteroatoms. The number of halogens is 1. The van der Waals surface area contributed by atoms with Crippen LogP contribution in [0.25, 0.3) is 10.9 Å². The zero-order chi connectivity index (χ0) is 10.3. The molecule has 1 fully saturated rings. The number of hydrogen-bond donors (Lipinski definition) is 0. The smallest absolute Gasteiger partial charge is 0.0705 e. The minimum atomic E-state index is 0.689. The van der Waals surface area contributed by atoms with E-state index in [0.29, 0.717) is 5.92 Å². The van der Waals surface area contributed by atoms with Crippen molar-refractivity contribution in [3.8, 4) is 0 Å². The van der Waals surface area contributed by atoms with Crippen LogP contribution in [0.3, 0.4) is 0 Å². The van der Waals surface area contributed by atoms with Crippen molar-refractivity contribution in [2.24, 2.45) is 5.92 Å². The van der Waals surface area contributed by atoms with Crippen LogP contribution in [0.4, 0.5) is 0 Å². The van der Waals surface area contributed by atoms with Gasteiger partial charge in [0.1, 0.15) is 0 Å². The Balaban J connectivity index is 2.00. The Morgan fingerprint density at radius 2 is 2.07 bits per heavy atom. The van der Waals surface area contributed by atoms with Crippen LogP contribution in [-0.4, -0.2) is 10.3 Å². The highest BCUT2D eigenvalue weighted by molar-refractivity contribution is 9.09. The lowest BCUT2D eigenvalue weighted by atomic mass is 10.1. The first-order valence-corrected chi connectivity index (χ1v) is 6.42. The summed E-state index contributed by atoms with van der Waals surface area (Å²) in [6, 6.07) is 12.7. The highest BCUT2D eigenvalue weighted by Gasteiger charge is 2.38. The Morgan fingerprint density at radius 3 is 2.87 bits per heavy atom. The second-order valence-electron chi connectivity index (χ2n) is 4.19. The maximum absolute atomic E-state index is 4.71. The third kappa shape index (κ3) is 1.67. The average molecular weight is 262 g/mol. The van der Waals surface area contributed by atoms with Crippen molar-refractivity contribution in [1.82, 2.24) is 4.98 Å². The minimum Gasteiger partial charge on any atom is -0.253 e. The van der Waals surface area contributed by atoms with Gasteiger partial charge in [-0.3, -0.25) is 4.98 Å². The van der Waals surface area contributed by atoms with Crippen LogP contribution in [0.2, 0.25) is 0 Å². The number of hydrogen-bond acceptors (Lipinski definition) is 1. The van der Waals surface area contributed by atoms with E-state index in [2.05, 4.69) is 46.3 Å². The van der Waals surface area contributed by atoms with E-state index in [1.165, 1.54) is 17.5 Å². The third-order valence-electron chi connectivity index (χ3n) is 3.12. The Morgan fingerprint density at radius 1 is 1.20 bits per heavy atom. The van der Waals surface area contributed by atoms with E-state index in [4.69, 9.17) is 4.98 Å². The van der Waals surface area contributed by atoms with E-state index in [9.17, 15) is 0 Å². The van der Waals surface area contributed by atoms with Crippen molar-refractivity contribution in [1.29, 1.82) is 0 Å². The Bertz CT molecular complexity index is 495. The van der Waals surface area contributed by atoms with Crippen molar-refractivity contribution in [3.63, 3.8) is 0 Å². The monoisotopic (exact) mass is 261 g/mol. The molecule has 15 heavy (non-hydrogen) atoms. The first-order valence-electron chi connectivity index (χ1n) is 5.30. The number of pyridine rings is 1. The number of nitrogens with zero attached hydrogens (tertiary/aromatic N) is 1. The number of rotatable bonds is 2. The molecular formula is C13H12BrN. The van der Waals surface area contributed by atoms with E-state index in [1.54, 1.807) is 0 Å². The summed E-state index contributed by atoms with van der Waals surface area (Å²) in [6.07, 6.45) is 1.29. The minimum absolute atomic E-state index is 0.689. The molecule has 0 aliphatic heterocycles. The predicted molar refractivity (Wildman–Crippen MR) is 66.4 cm³/mol. The topological polar surface area (TPSA) is 12.9 Å². The van der Waals surface area contributed by atoms with E-state index >= 15 is 0 Å². The van der Waals surface area contributed by atoms with Crippen LogP contribution in [0.1, 0.15) is 18.0 Å². The van der Waals surface area contributed by atoms with Crippen molar-refractivity contribution < 1.29 is 0 Å². The molecule has 0 saturated heterocycles. The second-order valence-corrected chi connectivity index (χ2v) is 4.83. The van der Waals surface area contributed by atoms with Gasteiger partial charge in [0.15, 0.2) is 0 Å². The fourth-order valence-electron chi connectivity index (χ4n) is 2.07. The van der Waals surface area contributed by atoms with Gasteiger partial charge < -0.3 is 0 Å². The van der Waals surface area contributed by atoms with Gasteiger partial charge in [-0.2, -0.15) is 0 Å². The molecule has 76 valence electrons. The summed E-state index contributed by atoms with van der Waals surface area (Å²) in [5.41, 5.74) is 2.38. The van der Waals surface area contributed by atoms with Crippen LogP contribution in [0.15, 0.2) is 36.4 Å². The average Bonchev–Trinajstić information content (AvgIpc) is 3.08. The maximum Gasteiger partial charge on any atom is 0.0705 e. The van der Waals surface area contributed by atoms with Crippen LogP contribution in [0, 0.1) is 5.92 Å². The Labute approximate surface area is 97.7 Å². The zero-order valence-corrected chi connectivity index (χ0v) is 9.94. The normalized spacial score (nSPS) is 24.3. The maximum atomic E-state index is 4.71. The van der Waals surface area contributed by atoms with Crippen LogP contribution >= 0.6 is 15.9 Å². The predicted octanol–water partition coefficient (Wildman–Crippen LogP) is 3.73. The largest absolute Gasteiger partial charge is 0.253 e. The first kappa shape index (κ1) is 9.34. The van der Waals surface area contributed by atoms with Crippen molar-refractivity contribution in [3.05, 3.63) is 42.1 Å². The van der Waals surface area contributed by atoms with Gasteiger partial charge in [-0.25, -0.2) is 0 Å².